The maximum atomic E-state index is 9.75. The molecule has 1 aromatic rings. The lowest BCUT2D eigenvalue weighted by Crippen LogP contribution is -2.32. The summed E-state index contributed by atoms with van der Waals surface area (Å²) in [7, 11) is 0. The largest absolute Gasteiger partial charge is 0.392 e. The van der Waals surface area contributed by atoms with Gasteiger partial charge in [0.05, 0.1) is 6.10 Å². The molecular weight excluding hydrogens is 346 g/mol. The topological polar surface area (TPSA) is 32.3 Å². The van der Waals surface area contributed by atoms with Crippen molar-refractivity contribution >= 4 is 31.9 Å². The molecule has 2 N–H and O–H groups in total. The summed E-state index contributed by atoms with van der Waals surface area (Å²) in [5.41, 5.74) is 1.20. The van der Waals surface area contributed by atoms with Crippen LogP contribution in [-0.4, -0.2) is 17.8 Å². The van der Waals surface area contributed by atoms with Crippen molar-refractivity contribution in [3.8, 4) is 0 Å². The van der Waals surface area contributed by atoms with E-state index >= 15 is 0 Å². The molecule has 0 aromatic heterocycles. The lowest BCUT2D eigenvalue weighted by molar-refractivity contribution is 0.120. The van der Waals surface area contributed by atoms with Gasteiger partial charge in [-0.3, -0.25) is 0 Å². The van der Waals surface area contributed by atoms with Gasteiger partial charge in [0.1, 0.15) is 0 Å². The lowest BCUT2D eigenvalue weighted by atomic mass is 10.1. The Bertz CT molecular complexity index is 368. The third-order valence-corrected chi connectivity index (χ3v) is 4.01. The first kappa shape index (κ1) is 15.2. The lowest BCUT2D eigenvalue weighted by Gasteiger charge is -2.20. The summed E-state index contributed by atoms with van der Waals surface area (Å²) < 4.78 is 2.13. The van der Waals surface area contributed by atoms with Crippen molar-refractivity contribution in [1.29, 1.82) is 0 Å². The Morgan fingerprint density at radius 2 is 1.88 bits per heavy atom. The average molecular weight is 365 g/mol. The summed E-state index contributed by atoms with van der Waals surface area (Å²) in [6, 6.07) is 6.35. The molecule has 96 valence electrons. The fourth-order valence-corrected chi connectivity index (χ4v) is 2.89. The van der Waals surface area contributed by atoms with E-state index in [0.717, 1.165) is 8.95 Å². The minimum atomic E-state index is -0.299. The average Bonchev–Trinajstić information content (AvgIpc) is 2.25. The summed E-state index contributed by atoms with van der Waals surface area (Å²) >= 11 is 6.99. The highest BCUT2D eigenvalue weighted by Crippen LogP contribution is 2.26. The highest BCUT2D eigenvalue weighted by molar-refractivity contribution is 9.11. The van der Waals surface area contributed by atoms with E-state index < -0.39 is 0 Å². The third-order valence-electron chi connectivity index (χ3n) is 2.83. The first-order valence-corrected chi connectivity index (χ1v) is 7.36. The third kappa shape index (κ3) is 4.70. The van der Waals surface area contributed by atoms with Crippen molar-refractivity contribution in [3.05, 3.63) is 32.7 Å². The summed E-state index contributed by atoms with van der Waals surface area (Å²) in [6.07, 6.45) is -0.299. The van der Waals surface area contributed by atoms with Gasteiger partial charge in [-0.05, 0) is 30.5 Å². The molecule has 0 aliphatic carbocycles. The second-order valence-corrected chi connectivity index (χ2v) is 6.38. The van der Waals surface area contributed by atoms with Gasteiger partial charge in [-0.1, -0.05) is 51.8 Å². The van der Waals surface area contributed by atoms with E-state index in [1.165, 1.54) is 5.56 Å². The van der Waals surface area contributed by atoms with E-state index in [1.54, 1.807) is 0 Å². The second kappa shape index (κ2) is 6.88. The molecule has 0 aliphatic heterocycles. The summed E-state index contributed by atoms with van der Waals surface area (Å²) in [5.74, 6) is 0.281. The summed E-state index contributed by atoms with van der Waals surface area (Å²) in [4.78, 5) is 0. The van der Waals surface area contributed by atoms with Gasteiger partial charge in [-0.25, -0.2) is 0 Å². The molecule has 1 rings (SSSR count). The molecule has 0 spiro atoms. The van der Waals surface area contributed by atoms with Gasteiger partial charge in [0.2, 0.25) is 0 Å². The molecule has 4 heteroatoms. The van der Waals surface area contributed by atoms with Crippen molar-refractivity contribution in [2.75, 3.05) is 6.54 Å². The van der Waals surface area contributed by atoms with Crippen molar-refractivity contribution in [2.45, 2.75) is 32.9 Å². The minimum absolute atomic E-state index is 0.214. The standard InChI is InChI=1S/C13H19Br2NO/c1-8(2)13(17)7-16-9(3)11-5-4-10(14)6-12(11)15/h4-6,8-9,13,16-17H,7H2,1-3H3. The highest BCUT2D eigenvalue weighted by Gasteiger charge is 2.13. The number of nitrogens with one attached hydrogen (secondary N) is 1. The van der Waals surface area contributed by atoms with E-state index in [4.69, 9.17) is 0 Å². The molecule has 2 unspecified atom stereocenters. The maximum Gasteiger partial charge on any atom is 0.0687 e. The van der Waals surface area contributed by atoms with Gasteiger partial charge in [-0.2, -0.15) is 0 Å². The van der Waals surface area contributed by atoms with Crippen molar-refractivity contribution in [1.82, 2.24) is 5.32 Å². The normalized spacial score (nSPS) is 15.0. The van der Waals surface area contributed by atoms with Gasteiger partial charge >= 0.3 is 0 Å². The number of halogens is 2. The van der Waals surface area contributed by atoms with Crippen LogP contribution in [0.4, 0.5) is 0 Å². The Morgan fingerprint density at radius 3 is 2.41 bits per heavy atom. The van der Waals surface area contributed by atoms with Crippen LogP contribution < -0.4 is 5.32 Å². The van der Waals surface area contributed by atoms with Gasteiger partial charge in [0.15, 0.2) is 0 Å². The molecule has 0 bridgehead atoms. The Kier molecular flexibility index (Phi) is 6.13. The predicted molar refractivity (Wildman–Crippen MR) is 79.1 cm³/mol. The van der Waals surface area contributed by atoms with Gasteiger partial charge in [0, 0.05) is 21.5 Å². The molecule has 0 fully saturated rings. The monoisotopic (exact) mass is 363 g/mol. The number of aliphatic hydroxyl groups is 1. The Labute approximate surface area is 120 Å². The number of rotatable bonds is 5. The molecule has 0 amide bonds. The number of hydrogen-bond acceptors (Lipinski definition) is 2. The number of benzene rings is 1. The van der Waals surface area contributed by atoms with Crippen molar-refractivity contribution in [3.63, 3.8) is 0 Å². The smallest absolute Gasteiger partial charge is 0.0687 e. The van der Waals surface area contributed by atoms with Crippen LogP contribution in [-0.2, 0) is 0 Å². The molecule has 2 nitrogen and oxygen atoms in total. The Morgan fingerprint density at radius 1 is 1.24 bits per heavy atom. The zero-order valence-electron chi connectivity index (χ0n) is 10.4. The quantitative estimate of drug-likeness (QED) is 0.830. The van der Waals surface area contributed by atoms with Crippen LogP contribution in [0.2, 0.25) is 0 Å². The van der Waals surface area contributed by atoms with Crippen LogP contribution in [0.25, 0.3) is 0 Å². The van der Waals surface area contributed by atoms with Crippen LogP contribution in [0.3, 0.4) is 0 Å². The zero-order chi connectivity index (χ0) is 13.0. The van der Waals surface area contributed by atoms with Crippen LogP contribution >= 0.6 is 31.9 Å². The van der Waals surface area contributed by atoms with Crippen LogP contribution in [0, 0.1) is 5.92 Å². The SMILES string of the molecule is CC(NCC(O)C(C)C)c1ccc(Br)cc1Br. The highest BCUT2D eigenvalue weighted by atomic mass is 79.9. The molecule has 17 heavy (non-hydrogen) atoms. The molecule has 0 saturated carbocycles. The molecule has 0 radical (unpaired) electrons. The van der Waals surface area contributed by atoms with Crippen LogP contribution in [0.5, 0.6) is 0 Å². The molecule has 0 heterocycles. The number of hydrogen-bond donors (Lipinski definition) is 2. The van der Waals surface area contributed by atoms with E-state index in [-0.39, 0.29) is 18.1 Å². The van der Waals surface area contributed by atoms with E-state index in [0.29, 0.717) is 6.54 Å². The zero-order valence-corrected chi connectivity index (χ0v) is 13.5. The first-order chi connectivity index (χ1) is 7.91. The summed E-state index contributed by atoms with van der Waals surface area (Å²) in [6.45, 7) is 6.75. The molecule has 0 saturated heterocycles. The molecule has 0 aliphatic rings. The van der Waals surface area contributed by atoms with E-state index in [9.17, 15) is 5.11 Å². The van der Waals surface area contributed by atoms with Crippen LogP contribution in [0.15, 0.2) is 27.1 Å². The van der Waals surface area contributed by atoms with Gasteiger partial charge < -0.3 is 10.4 Å². The van der Waals surface area contributed by atoms with E-state index in [1.807, 2.05) is 26.0 Å². The van der Waals surface area contributed by atoms with Gasteiger partial charge in [-0.15, -0.1) is 0 Å². The second-order valence-electron chi connectivity index (χ2n) is 4.61. The Hall–Kier alpha value is 0.1000. The Balaban J connectivity index is 2.61. The molecule has 1 aromatic carbocycles. The van der Waals surface area contributed by atoms with Crippen LogP contribution in [0.1, 0.15) is 32.4 Å². The predicted octanol–water partition coefficient (Wildman–Crippen LogP) is 3.88. The minimum Gasteiger partial charge on any atom is -0.392 e. The summed E-state index contributed by atoms with van der Waals surface area (Å²) in [5, 5.41) is 13.1. The molecule has 2 atom stereocenters. The first-order valence-electron chi connectivity index (χ1n) is 5.78. The van der Waals surface area contributed by atoms with E-state index in [2.05, 4.69) is 50.2 Å². The maximum absolute atomic E-state index is 9.75. The van der Waals surface area contributed by atoms with Gasteiger partial charge in [0.25, 0.3) is 0 Å². The van der Waals surface area contributed by atoms with Crippen molar-refractivity contribution < 1.29 is 5.11 Å². The number of aliphatic hydroxyl groups excluding tert-OH is 1. The van der Waals surface area contributed by atoms with Crippen molar-refractivity contribution in [2.24, 2.45) is 5.92 Å². The fourth-order valence-electron chi connectivity index (χ4n) is 1.50. The molecular formula is C13H19Br2NO. The fraction of sp³-hybridized carbons (Fsp3) is 0.538.